The van der Waals surface area contributed by atoms with Gasteiger partial charge in [0.15, 0.2) is 17.6 Å². The van der Waals surface area contributed by atoms with Crippen LogP contribution < -0.4 is 19.5 Å². The van der Waals surface area contributed by atoms with Crippen molar-refractivity contribution in [3.05, 3.63) is 66.4 Å². The van der Waals surface area contributed by atoms with Crippen molar-refractivity contribution >= 4 is 11.6 Å². The van der Waals surface area contributed by atoms with Crippen LogP contribution in [0.1, 0.15) is 5.56 Å². The number of hydrogen-bond acceptors (Lipinski definition) is 5. The van der Waals surface area contributed by atoms with Gasteiger partial charge in [0.1, 0.15) is 0 Å². The predicted octanol–water partition coefficient (Wildman–Crippen LogP) is 3.71. The molecule has 0 saturated carbocycles. The summed E-state index contributed by atoms with van der Waals surface area (Å²) >= 11 is 0. The maximum Gasteiger partial charge on any atom is 0.265 e. The van der Waals surface area contributed by atoms with Gasteiger partial charge in [-0.2, -0.15) is 0 Å². The number of nitrogens with zero attached hydrogens (tertiary/aromatic N) is 1. The largest absolute Gasteiger partial charge is 0.493 e. The monoisotopic (exact) mass is 376 g/mol. The standard InChI is InChI=1S/C22H20N2O4/c1-26-18-9-8-15(12-19(18)27-2)24-21(25)20-13-17-16(10-11-23-22(17)28-20)14-6-4-3-5-7-14/h3-12,20H,13H2,1-2H3,(H,24,25). The number of carbonyl (C=O) groups is 1. The van der Waals surface area contributed by atoms with Crippen LogP contribution in [0.15, 0.2) is 60.8 Å². The molecule has 6 nitrogen and oxygen atoms in total. The fraction of sp³-hybridized carbons (Fsp3) is 0.182. The first-order valence-electron chi connectivity index (χ1n) is 8.92. The number of nitrogens with one attached hydrogen (secondary N) is 1. The van der Waals surface area contributed by atoms with E-state index in [-0.39, 0.29) is 5.91 Å². The molecule has 1 amide bonds. The molecule has 142 valence electrons. The molecule has 2 heterocycles. The van der Waals surface area contributed by atoms with Crippen molar-refractivity contribution in [2.45, 2.75) is 12.5 Å². The molecule has 2 aromatic carbocycles. The number of amides is 1. The van der Waals surface area contributed by atoms with E-state index in [9.17, 15) is 4.79 Å². The molecule has 0 saturated heterocycles. The summed E-state index contributed by atoms with van der Waals surface area (Å²) in [6, 6.07) is 17.2. The van der Waals surface area contributed by atoms with E-state index in [0.29, 0.717) is 29.5 Å². The third kappa shape index (κ3) is 3.36. The highest BCUT2D eigenvalue weighted by atomic mass is 16.5. The van der Waals surface area contributed by atoms with Crippen molar-refractivity contribution in [3.63, 3.8) is 0 Å². The van der Waals surface area contributed by atoms with Crippen molar-refractivity contribution in [2.24, 2.45) is 0 Å². The molecule has 0 radical (unpaired) electrons. The van der Waals surface area contributed by atoms with Crippen LogP contribution >= 0.6 is 0 Å². The lowest BCUT2D eigenvalue weighted by Crippen LogP contribution is -2.31. The third-order valence-corrected chi connectivity index (χ3v) is 4.69. The van der Waals surface area contributed by atoms with Crippen LogP contribution in [0.25, 0.3) is 11.1 Å². The van der Waals surface area contributed by atoms with Gasteiger partial charge in [-0.15, -0.1) is 0 Å². The van der Waals surface area contributed by atoms with Gasteiger partial charge < -0.3 is 19.5 Å². The molecule has 4 rings (SSSR count). The first kappa shape index (κ1) is 17.9. The van der Waals surface area contributed by atoms with Crippen LogP contribution in [0.5, 0.6) is 17.4 Å². The van der Waals surface area contributed by atoms with Gasteiger partial charge in [-0.3, -0.25) is 4.79 Å². The summed E-state index contributed by atoms with van der Waals surface area (Å²) < 4.78 is 16.3. The van der Waals surface area contributed by atoms with Crippen molar-refractivity contribution < 1.29 is 19.0 Å². The smallest absolute Gasteiger partial charge is 0.265 e. The molecule has 1 unspecified atom stereocenters. The highest BCUT2D eigenvalue weighted by Gasteiger charge is 2.32. The van der Waals surface area contributed by atoms with Crippen molar-refractivity contribution in [1.82, 2.24) is 4.98 Å². The Balaban J connectivity index is 1.53. The Morgan fingerprint density at radius 1 is 1.07 bits per heavy atom. The minimum atomic E-state index is -0.638. The fourth-order valence-electron chi connectivity index (χ4n) is 3.30. The van der Waals surface area contributed by atoms with Gasteiger partial charge in [-0.25, -0.2) is 4.98 Å². The predicted molar refractivity (Wildman–Crippen MR) is 106 cm³/mol. The van der Waals surface area contributed by atoms with Crippen LogP contribution in [0.2, 0.25) is 0 Å². The normalized spacial score (nSPS) is 14.7. The lowest BCUT2D eigenvalue weighted by atomic mass is 9.99. The second-order valence-electron chi connectivity index (χ2n) is 6.38. The highest BCUT2D eigenvalue weighted by Crippen LogP contribution is 2.36. The van der Waals surface area contributed by atoms with E-state index < -0.39 is 6.10 Å². The second kappa shape index (κ2) is 7.60. The molecule has 0 aliphatic carbocycles. The minimum absolute atomic E-state index is 0.232. The molecule has 0 spiro atoms. The molecule has 1 aliphatic heterocycles. The lowest BCUT2D eigenvalue weighted by Gasteiger charge is -2.13. The molecule has 0 bridgehead atoms. The van der Waals surface area contributed by atoms with Crippen LogP contribution in [0, 0.1) is 0 Å². The molecular weight excluding hydrogens is 356 g/mol. The number of pyridine rings is 1. The van der Waals surface area contributed by atoms with E-state index >= 15 is 0 Å². The minimum Gasteiger partial charge on any atom is -0.493 e. The Morgan fingerprint density at radius 3 is 2.61 bits per heavy atom. The maximum atomic E-state index is 12.7. The van der Waals surface area contributed by atoms with E-state index in [2.05, 4.69) is 10.3 Å². The van der Waals surface area contributed by atoms with Gasteiger partial charge in [-0.05, 0) is 29.3 Å². The number of carbonyl (C=O) groups excluding carboxylic acids is 1. The van der Waals surface area contributed by atoms with Crippen LogP contribution in [0.4, 0.5) is 5.69 Å². The Morgan fingerprint density at radius 2 is 1.86 bits per heavy atom. The molecule has 1 aromatic heterocycles. The summed E-state index contributed by atoms with van der Waals surface area (Å²) in [6.07, 6.45) is 1.53. The summed E-state index contributed by atoms with van der Waals surface area (Å²) in [5.41, 5.74) is 3.66. The summed E-state index contributed by atoms with van der Waals surface area (Å²) in [4.78, 5) is 17.0. The molecule has 1 N–H and O–H groups in total. The van der Waals surface area contributed by atoms with Crippen molar-refractivity contribution in [1.29, 1.82) is 0 Å². The van der Waals surface area contributed by atoms with Gasteiger partial charge in [0.25, 0.3) is 5.91 Å². The van der Waals surface area contributed by atoms with Crippen LogP contribution in [-0.2, 0) is 11.2 Å². The zero-order chi connectivity index (χ0) is 19.5. The van der Waals surface area contributed by atoms with Gasteiger partial charge in [0.2, 0.25) is 5.88 Å². The van der Waals surface area contributed by atoms with Crippen molar-refractivity contribution in [2.75, 3.05) is 19.5 Å². The molecular formula is C22H20N2O4. The van der Waals surface area contributed by atoms with E-state index in [1.165, 1.54) is 0 Å². The summed E-state index contributed by atoms with van der Waals surface area (Å²) in [5.74, 6) is 1.42. The number of aromatic nitrogens is 1. The first-order valence-corrected chi connectivity index (χ1v) is 8.92. The molecule has 28 heavy (non-hydrogen) atoms. The molecule has 0 fully saturated rings. The Kier molecular flexibility index (Phi) is 4.85. The first-order chi connectivity index (χ1) is 13.7. The summed E-state index contributed by atoms with van der Waals surface area (Å²) in [5, 5.41) is 2.88. The van der Waals surface area contributed by atoms with Gasteiger partial charge in [-0.1, -0.05) is 30.3 Å². The number of anilines is 1. The number of ether oxygens (including phenoxy) is 3. The number of rotatable bonds is 5. The second-order valence-corrected chi connectivity index (χ2v) is 6.38. The molecule has 1 atom stereocenters. The molecule has 6 heteroatoms. The number of fused-ring (bicyclic) bond motifs is 1. The van der Waals surface area contributed by atoms with Crippen molar-refractivity contribution in [3.8, 4) is 28.5 Å². The summed E-state index contributed by atoms with van der Waals surface area (Å²) in [6.45, 7) is 0. The maximum absolute atomic E-state index is 12.7. The Hall–Kier alpha value is -3.54. The zero-order valence-electron chi connectivity index (χ0n) is 15.6. The topological polar surface area (TPSA) is 69.7 Å². The zero-order valence-corrected chi connectivity index (χ0v) is 15.6. The Bertz CT molecular complexity index is 1000. The number of methoxy groups -OCH3 is 2. The average molecular weight is 376 g/mol. The lowest BCUT2D eigenvalue weighted by molar-refractivity contribution is -0.122. The number of benzene rings is 2. The SMILES string of the molecule is COc1ccc(NC(=O)C2Cc3c(-c4ccccc4)ccnc3O2)cc1OC. The highest BCUT2D eigenvalue weighted by molar-refractivity contribution is 5.95. The molecule has 1 aliphatic rings. The Labute approximate surface area is 163 Å². The fourth-order valence-corrected chi connectivity index (χ4v) is 3.30. The quantitative estimate of drug-likeness (QED) is 0.735. The van der Waals surface area contributed by atoms with E-state index in [4.69, 9.17) is 14.2 Å². The molecule has 3 aromatic rings. The van der Waals surface area contributed by atoms with Gasteiger partial charge >= 0.3 is 0 Å². The van der Waals surface area contributed by atoms with E-state index in [1.54, 1.807) is 38.6 Å². The number of hydrogen-bond donors (Lipinski definition) is 1. The van der Waals surface area contributed by atoms with Crippen LogP contribution in [-0.4, -0.2) is 31.2 Å². The van der Waals surface area contributed by atoms with E-state index in [0.717, 1.165) is 16.7 Å². The third-order valence-electron chi connectivity index (χ3n) is 4.69. The van der Waals surface area contributed by atoms with Gasteiger partial charge in [0, 0.05) is 29.9 Å². The summed E-state index contributed by atoms with van der Waals surface area (Å²) in [7, 11) is 3.12. The van der Waals surface area contributed by atoms with Crippen LogP contribution in [0.3, 0.4) is 0 Å². The van der Waals surface area contributed by atoms with E-state index in [1.807, 2.05) is 36.4 Å². The van der Waals surface area contributed by atoms with Gasteiger partial charge in [0.05, 0.1) is 14.2 Å². The average Bonchev–Trinajstić information content (AvgIpc) is 3.19.